The number of nitrogens with zero attached hydrogens (tertiary/aromatic N) is 1. The maximum Gasteiger partial charge on any atom is 0.137 e. The molecule has 19 heavy (non-hydrogen) atoms. The van der Waals surface area contributed by atoms with Gasteiger partial charge in [-0.2, -0.15) is 5.26 Å². The van der Waals surface area contributed by atoms with Gasteiger partial charge < -0.3 is 11.1 Å². The highest BCUT2D eigenvalue weighted by molar-refractivity contribution is 9.10. The lowest BCUT2D eigenvalue weighted by atomic mass is 10.1. The molecule has 0 saturated heterocycles. The van der Waals surface area contributed by atoms with Crippen molar-refractivity contribution < 1.29 is 4.39 Å². The van der Waals surface area contributed by atoms with Gasteiger partial charge in [0.05, 0.1) is 17.0 Å². The third-order valence-electron chi connectivity index (χ3n) is 2.62. The van der Waals surface area contributed by atoms with Crippen molar-refractivity contribution in [2.24, 2.45) is 0 Å². The molecule has 3 N–H and O–H groups in total. The van der Waals surface area contributed by atoms with E-state index in [9.17, 15) is 4.39 Å². The van der Waals surface area contributed by atoms with Crippen molar-refractivity contribution in [3.8, 4) is 6.07 Å². The molecule has 2 aromatic rings. The first-order valence-corrected chi connectivity index (χ1v) is 6.37. The number of halogens is 2. The number of nitrogens with one attached hydrogen (secondary N) is 1. The topological polar surface area (TPSA) is 61.8 Å². The molecule has 2 aromatic carbocycles. The first-order chi connectivity index (χ1) is 9.10. The molecule has 2 rings (SSSR count). The summed E-state index contributed by atoms with van der Waals surface area (Å²) in [4.78, 5) is 0. The lowest BCUT2D eigenvalue weighted by molar-refractivity contribution is 0.621. The lowest BCUT2D eigenvalue weighted by Crippen LogP contribution is -1.97. The van der Waals surface area contributed by atoms with Crippen LogP contribution in [0.2, 0.25) is 0 Å². The number of anilines is 3. The molecule has 0 aliphatic heterocycles. The van der Waals surface area contributed by atoms with E-state index in [1.165, 1.54) is 6.07 Å². The fourth-order valence-corrected chi connectivity index (χ4v) is 2.04. The summed E-state index contributed by atoms with van der Waals surface area (Å²) in [6.45, 7) is 0. The zero-order valence-electron chi connectivity index (χ0n) is 9.95. The van der Waals surface area contributed by atoms with E-state index < -0.39 is 0 Å². The van der Waals surface area contributed by atoms with Crippen LogP contribution in [0.5, 0.6) is 0 Å². The zero-order chi connectivity index (χ0) is 13.8. The molecule has 0 bridgehead atoms. The molecule has 0 amide bonds. The summed E-state index contributed by atoms with van der Waals surface area (Å²) >= 11 is 3.13. The Bertz CT molecular complexity index is 650. The number of hydrogen-bond acceptors (Lipinski definition) is 3. The van der Waals surface area contributed by atoms with E-state index in [1.54, 1.807) is 18.2 Å². The highest BCUT2D eigenvalue weighted by Crippen LogP contribution is 2.25. The predicted molar refractivity (Wildman–Crippen MR) is 77.6 cm³/mol. The lowest BCUT2D eigenvalue weighted by Gasteiger charge is -2.10. The van der Waals surface area contributed by atoms with Crippen molar-refractivity contribution in [2.45, 2.75) is 6.42 Å². The Labute approximate surface area is 119 Å². The van der Waals surface area contributed by atoms with Crippen LogP contribution in [0.3, 0.4) is 0 Å². The Kier molecular flexibility index (Phi) is 4.03. The molecule has 0 fully saturated rings. The zero-order valence-corrected chi connectivity index (χ0v) is 11.5. The molecular formula is C14H11BrFN3. The molecule has 3 nitrogen and oxygen atoms in total. The van der Waals surface area contributed by atoms with Gasteiger partial charge in [-0.1, -0.05) is 0 Å². The van der Waals surface area contributed by atoms with Crippen LogP contribution < -0.4 is 11.1 Å². The second-order valence-corrected chi connectivity index (χ2v) is 4.86. The molecule has 0 saturated carbocycles. The van der Waals surface area contributed by atoms with E-state index >= 15 is 0 Å². The Balaban J connectivity index is 2.25. The smallest absolute Gasteiger partial charge is 0.137 e. The maximum absolute atomic E-state index is 13.1. The van der Waals surface area contributed by atoms with Crippen molar-refractivity contribution in [3.63, 3.8) is 0 Å². The minimum absolute atomic E-state index is 0.258. The van der Waals surface area contributed by atoms with Gasteiger partial charge in [-0.25, -0.2) is 4.39 Å². The molecule has 0 unspecified atom stereocenters. The van der Waals surface area contributed by atoms with Crippen LogP contribution in [0, 0.1) is 17.1 Å². The average molecular weight is 320 g/mol. The van der Waals surface area contributed by atoms with Gasteiger partial charge >= 0.3 is 0 Å². The number of nitriles is 1. The summed E-state index contributed by atoms with van der Waals surface area (Å²) in [7, 11) is 0. The van der Waals surface area contributed by atoms with Crippen LogP contribution in [0.15, 0.2) is 40.9 Å². The fraction of sp³-hybridized carbons (Fsp3) is 0.0714. The molecule has 0 aliphatic carbocycles. The van der Waals surface area contributed by atoms with Gasteiger partial charge in [0.25, 0.3) is 0 Å². The number of nitrogen functional groups attached to an aromatic ring is 1. The van der Waals surface area contributed by atoms with Gasteiger partial charge in [0, 0.05) is 17.1 Å². The summed E-state index contributed by atoms with van der Waals surface area (Å²) in [6, 6.07) is 12.1. The molecule has 0 spiro atoms. The van der Waals surface area contributed by atoms with E-state index in [0.29, 0.717) is 10.2 Å². The molecule has 0 aliphatic rings. The Morgan fingerprint density at radius 2 is 1.89 bits per heavy atom. The highest BCUT2D eigenvalue weighted by Gasteiger charge is 2.03. The largest absolute Gasteiger partial charge is 0.398 e. The standard InChI is InChI=1S/C14H11BrFN3/c15-12-8-11(1-3-13(12)16)19-10-2-4-14(18)9(7-10)5-6-17/h1-4,7-8,19H,5,18H2. The van der Waals surface area contributed by atoms with E-state index in [4.69, 9.17) is 11.0 Å². The summed E-state index contributed by atoms with van der Waals surface area (Å²) < 4.78 is 13.5. The third-order valence-corrected chi connectivity index (χ3v) is 3.23. The normalized spacial score (nSPS) is 9.95. The molecule has 0 radical (unpaired) electrons. The van der Waals surface area contributed by atoms with Gasteiger partial charge in [-0.3, -0.25) is 0 Å². The Hall–Kier alpha value is -2.06. The second-order valence-electron chi connectivity index (χ2n) is 4.00. The summed E-state index contributed by atoms with van der Waals surface area (Å²) in [6.07, 6.45) is 0.258. The van der Waals surface area contributed by atoms with E-state index in [-0.39, 0.29) is 12.2 Å². The third kappa shape index (κ3) is 3.24. The van der Waals surface area contributed by atoms with Crippen molar-refractivity contribution >= 4 is 33.0 Å². The van der Waals surface area contributed by atoms with Gasteiger partial charge in [0.1, 0.15) is 5.82 Å². The van der Waals surface area contributed by atoms with E-state index in [1.807, 2.05) is 12.1 Å². The Morgan fingerprint density at radius 1 is 1.21 bits per heavy atom. The highest BCUT2D eigenvalue weighted by atomic mass is 79.9. The van der Waals surface area contributed by atoms with Crippen molar-refractivity contribution in [1.82, 2.24) is 0 Å². The maximum atomic E-state index is 13.1. The number of rotatable bonds is 3. The fourth-order valence-electron chi connectivity index (χ4n) is 1.66. The number of nitrogens with two attached hydrogens (primary N) is 1. The first-order valence-electron chi connectivity index (χ1n) is 5.57. The van der Waals surface area contributed by atoms with Crippen molar-refractivity contribution in [1.29, 1.82) is 5.26 Å². The average Bonchev–Trinajstić information content (AvgIpc) is 2.38. The van der Waals surface area contributed by atoms with Crippen molar-refractivity contribution in [3.05, 3.63) is 52.3 Å². The number of benzene rings is 2. The van der Waals surface area contributed by atoms with Gasteiger partial charge in [0.15, 0.2) is 0 Å². The summed E-state index contributed by atoms with van der Waals surface area (Å²) in [5.74, 6) is -0.312. The SMILES string of the molecule is N#CCc1cc(Nc2ccc(F)c(Br)c2)ccc1N. The van der Waals surface area contributed by atoms with Crippen LogP contribution in [-0.2, 0) is 6.42 Å². The quantitative estimate of drug-likeness (QED) is 0.841. The Morgan fingerprint density at radius 3 is 2.58 bits per heavy atom. The van der Waals surface area contributed by atoms with Crippen molar-refractivity contribution in [2.75, 3.05) is 11.1 Å². The molecule has 0 aromatic heterocycles. The van der Waals surface area contributed by atoms with Gasteiger partial charge in [0.2, 0.25) is 0 Å². The summed E-state index contributed by atoms with van der Waals surface area (Å²) in [5, 5.41) is 11.9. The minimum atomic E-state index is -0.312. The summed E-state index contributed by atoms with van der Waals surface area (Å²) in [5.41, 5.74) is 8.69. The number of hydrogen-bond donors (Lipinski definition) is 2. The van der Waals surface area contributed by atoms with Gasteiger partial charge in [-0.05, 0) is 57.9 Å². The van der Waals surface area contributed by atoms with E-state index in [2.05, 4.69) is 27.3 Å². The van der Waals surface area contributed by atoms with Gasteiger partial charge in [-0.15, -0.1) is 0 Å². The predicted octanol–water partition coefficient (Wildman–Crippen LogP) is 3.98. The molecule has 0 heterocycles. The molecule has 96 valence electrons. The first kappa shape index (κ1) is 13.4. The molecule has 0 atom stereocenters. The van der Waals surface area contributed by atoms with Crippen LogP contribution in [0.25, 0.3) is 0 Å². The van der Waals surface area contributed by atoms with Crippen LogP contribution in [-0.4, -0.2) is 0 Å². The molecular weight excluding hydrogens is 309 g/mol. The monoisotopic (exact) mass is 319 g/mol. The van der Waals surface area contributed by atoms with Crippen LogP contribution in [0.1, 0.15) is 5.56 Å². The minimum Gasteiger partial charge on any atom is -0.398 e. The second kappa shape index (κ2) is 5.72. The molecule has 5 heteroatoms. The van der Waals surface area contributed by atoms with Crippen LogP contribution >= 0.6 is 15.9 Å². The van der Waals surface area contributed by atoms with Crippen LogP contribution in [0.4, 0.5) is 21.5 Å². The van der Waals surface area contributed by atoms with E-state index in [0.717, 1.165) is 16.9 Å².